The SMILES string of the molecule is COc1ccc(NC(N)=NCCc2c(F)cccc2Cl)cc1.I. The molecule has 0 saturated carbocycles. The van der Waals surface area contributed by atoms with E-state index in [9.17, 15) is 4.39 Å². The number of hydrogen-bond donors (Lipinski definition) is 2. The minimum absolute atomic E-state index is 0. The Morgan fingerprint density at radius 1 is 1.26 bits per heavy atom. The molecule has 2 aromatic rings. The maximum atomic E-state index is 13.6. The number of rotatable bonds is 5. The summed E-state index contributed by atoms with van der Waals surface area (Å²) in [6.45, 7) is 0.343. The molecule has 3 N–H and O–H groups in total. The Labute approximate surface area is 156 Å². The zero-order chi connectivity index (χ0) is 15.9. The highest BCUT2D eigenvalue weighted by atomic mass is 127. The maximum Gasteiger partial charge on any atom is 0.193 e. The molecule has 0 aliphatic heterocycles. The van der Waals surface area contributed by atoms with Crippen LogP contribution in [0.5, 0.6) is 5.75 Å². The van der Waals surface area contributed by atoms with Crippen molar-refractivity contribution in [2.24, 2.45) is 10.7 Å². The van der Waals surface area contributed by atoms with Gasteiger partial charge in [0.2, 0.25) is 0 Å². The summed E-state index contributed by atoms with van der Waals surface area (Å²) < 4.78 is 18.7. The van der Waals surface area contributed by atoms with Gasteiger partial charge < -0.3 is 15.8 Å². The highest BCUT2D eigenvalue weighted by molar-refractivity contribution is 14.0. The predicted molar refractivity (Wildman–Crippen MR) is 104 cm³/mol. The number of ether oxygens (including phenoxy) is 1. The molecule has 4 nitrogen and oxygen atoms in total. The van der Waals surface area contributed by atoms with E-state index in [1.165, 1.54) is 6.07 Å². The van der Waals surface area contributed by atoms with Crippen LogP contribution in [0.1, 0.15) is 5.56 Å². The number of nitrogens with zero attached hydrogens (tertiary/aromatic N) is 1. The topological polar surface area (TPSA) is 59.6 Å². The Bertz CT molecular complexity index is 645. The molecule has 0 radical (unpaired) electrons. The molecule has 7 heteroatoms. The smallest absolute Gasteiger partial charge is 0.193 e. The minimum Gasteiger partial charge on any atom is -0.497 e. The van der Waals surface area contributed by atoms with Crippen LogP contribution in [-0.2, 0) is 6.42 Å². The first kappa shape index (κ1) is 19.5. The number of nitrogens with two attached hydrogens (primary N) is 1. The number of anilines is 1. The number of nitrogens with one attached hydrogen (secondary N) is 1. The summed E-state index contributed by atoms with van der Waals surface area (Å²) in [5, 5.41) is 3.35. The summed E-state index contributed by atoms with van der Waals surface area (Å²) in [6.07, 6.45) is 0.385. The summed E-state index contributed by atoms with van der Waals surface area (Å²) in [5.41, 5.74) is 7.04. The normalized spacial score (nSPS) is 10.8. The monoisotopic (exact) mass is 449 g/mol. The van der Waals surface area contributed by atoms with Crippen molar-refractivity contribution in [3.8, 4) is 5.75 Å². The third kappa shape index (κ3) is 5.87. The van der Waals surface area contributed by atoms with Crippen molar-refractivity contribution in [1.29, 1.82) is 0 Å². The molecule has 0 bridgehead atoms. The molecule has 0 spiro atoms. The van der Waals surface area contributed by atoms with E-state index in [0.29, 0.717) is 23.6 Å². The molecule has 2 aromatic carbocycles. The summed E-state index contributed by atoms with van der Waals surface area (Å²) in [7, 11) is 1.60. The van der Waals surface area contributed by atoms with E-state index < -0.39 is 0 Å². The van der Waals surface area contributed by atoms with E-state index in [-0.39, 0.29) is 35.8 Å². The van der Waals surface area contributed by atoms with Gasteiger partial charge in [0, 0.05) is 22.8 Å². The number of halogens is 3. The fourth-order valence-electron chi connectivity index (χ4n) is 1.92. The molecule has 0 saturated heterocycles. The van der Waals surface area contributed by atoms with Crippen LogP contribution in [0, 0.1) is 5.82 Å². The van der Waals surface area contributed by atoms with Crippen molar-refractivity contribution < 1.29 is 9.13 Å². The van der Waals surface area contributed by atoms with Crippen LogP contribution in [0.25, 0.3) is 0 Å². The molecule has 0 heterocycles. The third-order valence-corrected chi connectivity index (χ3v) is 3.42. The van der Waals surface area contributed by atoms with Crippen LogP contribution in [0.4, 0.5) is 10.1 Å². The van der Waals surface area contributed by atoms with Crippen LogP contribution in [0.2, 0.25) is 5.02 Å². The zero-order valence-electron chi connectivity index (χ0n) is 12.6. The largest absolute Gasteiger partial charge is 0.497 e. The van der Waals surface area contributed by atoms with Crippen molar-refractivity contribution >= 4 is 47.2 Å². The molecule has 0 aliphatic rings. The molecule has 2 rings (SSSR count). The summed E-state index contributed by atoms with van der Waals surface area (Å²) in [5.74, 6) is 0.692. The van der Waals surface area contributed by atoms with Crippen LogP contribution >= 0.6 is 35.6 Å². The van der Waals surface area contributed by atoms with E-state index in [1.54, 1.807) is 19.2 Å². The fraction of sp³-hybridized carbons (Fsp3) is 0.188. The lowest BCUT2D eigenvalue weighted by Gasteiger charge is -2.07. The summed E-state index contributed by atoms with van der Waals surface area (Å²) in [4.78, 5) is 4.17. The second-order valence-electron chi connectivity index (χ2n) is 4.57. The summed E-state index contributed by atoms with van der Waals surface area (Å²) in [6, 6.07) is 11.9. The van der Waals surface area contributed by atoms with Gasteiger partial charge in [0.1, 0.15) is 11.6 Å². The van der Waals surface area contributed by atoms with Gasteiger partial charge in [-0.25, -0.2) is 4.39 Å². The Morgan fingerprint density at radius 3 is 2.57 bits per heavy atom. The lowest BCUT2D eigenvalue weighted by molar-refractivity contribution is 0.415. The number of hydrogen-bond acceptors (Lipinski definition) is 2. The Morgan fingerprint density at radius 2 is 1.96 bits per heavy atom. The fourth-order valence-corrected chi connectivity index (χ4v) is 2.18. The molecular formula is C16H18ClFIN3O. The lowest BCUT2D eigenvalue weighted by Crippen LogP contribution is -2.23. The molecule has 0 unspecified atom stereocenters. The van der Waals surface area contributed by atoms with Gasteiger partial charge in [0.15, 0.2) is 5.96 Å². The van der Waals surface area contributed by atoms with E-state index >= 15 is 0 Å². The van der Waals surface area contributed by atoms with Gasteiger partial charge in [0.05, 0.1) is 7.11 Å². The summed E-state index contributed by atoms with van der Waals surface area (Å²) >= 11 is 5.96. The highest BCUT2D eigenvalue weighted by Crippen LogP contribution is 2.19. The minimum atomic E-state index is -0.329. The van der Waals surface area contributed by atoms with Gasteiger partial charge in [-0.2, -0.15) is 0 Å². The molecule has 0 atom stereocenters. The van der Waals surface area contributed by atoms with Gasteiger partial charge in [-0.3, -0.25) is 4.99 Å². The van der Waals surface area contributed by atoms with Gasteiger partial charge in [-0.15, -0.1) is 24.0 Å². The number of benzene rings is 2. The average molecular weight is 450 g/mol. The average Bonchev–Trinajstić information content (AvgIpc) is 2.51. The Hall–Kier alpha value is -1.54. The molecule has 0 aromatic heterocycles. The molecule has 124 valence electrons. The maximum absolute atomic E-state index is 13.6. The molecule has 0 fully saturated rings. The Kier molecular flexibility index (Phi) is 8.11. The number of methoxy groups -OCH3 is 1. The van der Waals surface area contributed by atoms with E-state index in [2.05, 4.69) is 10.3 Å². The van der Waals surface area contributed by atoms with E-state index in [0.717, 1.165) is 11.4 Å². The second-order valence-corrected chi connectivity index (χ2v) is 4.98. The van der Waals surface area contributed by atoms with Crippen LogP contribution < -0.4 is 15.8 Å². The molecular weight excluding hydrogens is 432 g/mol. The van der Waals surface area contributed by atoms with Gasteiger partial charge in [0.25, 0.3) is 0 Å². The van der Waals surface area contributed by atoms with Gasteiger partial charge >= 0.3 is 0 Å². The van der Waals surface area contributed by atoms with Crippen LogP contribution in [0.3, 0.4) is 0 Å². The predicted octanol–water partition coefficient (Wildman–Crippen LogP) is 4.08. The molecule has 0 amide bonds. The third-order valence-electron chi connectivity index (χ3n) is 3.07. The zero-order valence-corrected chi connectivity index (χ0v) is 15.6. The van der Waals surface area contributed by atoms with Crippen molar-refractivity contribution in [1.82, 2.24) is 0 Å². The van der Waals surface area contributed by atoms with Crippen molar-refractivity contribution in [3.05, 3.63) is 58.9 Å². The first-order chi connectivity index (χ1) is 10.6. The van der Waals surface area contributed by atoms with Crippen LogP contribution in [0.15, 0.2) is 47.5 Å². The molecule has 0 aliphatic carbocycles. The molecule has 23 heavy (non-hydrogen) atoms. The quantitative estimate of drug-likeness (QED) is 0.411. The van der Waals surface area contributed by atoms with Crippen molar-refractivity contribution in [3.63, 3.8) is 0 Å². The van der Waals surface area contributed by atoms with Crippen molar-refractivity contribution in [2.75, 3.05) is 19.0 Å². The number of aliphatic imine (C=N–C) groups is 1. The lowest BCUT2D eigenvalue weighted by atomic mass is 10.1. The van der Waals surface area contributed by atoms with Crippen molar-refractivity contribution in [2.45, 2.75) is 6.42 Å². The van der Waals surface area contributed by atoms with Crippen LogP contribution in [-0.4, -0.2) is 19.6 Å². The second kappa shape index (κ2) is 9.57. The van der Waals surface area contributed by atoms with Gasteiger partial charge in [-0.1, -0.05) is 17.7 Å². The van der Waals surface area contributed by atoms with E-state index in [4.69, 9.17) is 22.1 Å². The highest BCUT2D eigenvalue weighted by Gasteiger charge is 2.06. The Balaban J connectivity index is 0.00000264. The van der Waals surface area contributed by atoms with Gasteiger partial charge in [-0.05, 0) is 42.8 Å². The first-order valence-corrected chi connectivity index (χ1v) is 7.12. The van der Waals surface area contributed by atoms with E-state index in [1.807, 2.05) is 24.3 Å². The first-order valence-electron chi connectivity index (χ1n) is 6.74. The standard InChI is InChI=1S/C16H17ClFN3O.HI/c1-22-12-7-5-11(6-8-12)21-16(19)20-10-9-13-14(17)3-2-4-15(13)18;/h2-8H,9-10H2,1H3,(H3,19,20,21);1H. The number of guanidine groups is 1.